The van der Waals surface area contributed by atoms with Crippen molar-refractivity contribution in [3.8, 4) is 0 Å². The fraction of sp³-hybridized carbons (Fsp3) is 0.211. The summed E-state index contributed by atoms with van der Waals surface area (Å²) in [6.07, 6.45) is 0. The van der Waals surface area contributed by atoms with Gasteiger partial charge in [-0.1, -0.05) is 11.6 Å². The lowest BCUT2D eigenvalue weighted by atomic mass is 10.1. The highest BCUT2D eigenvalue weighted by molar-refractivity contribution is 6.31. The van der Waals surface area contributed by atoms with E-state index in [0.29, 0.717) is 40.5 Å². The number of aromatic nitrogens is 2. The minimum atomic E-state index is -0.769. The lowest BCUT2D eigenvalue weighted by Crippen LogP contribution is -2.36. The Hall–Kier alpha value is -3.10. The second-order valence-corrected chi connectivity index (χ2v) is 6.82. The Balaban J connectivity index is 1.65. The summed E-state index contributed by atoms with van der Waals surface area (Å²) in [5.74, 6) is -0.356. The van der Waals surface area contributed by atoms with Gasteiger partial charge in [-0.05, 0) is 36.4 Å². The monoisotopic (exact) mass is 400 g/mol. The van der Waals surface area contributed by atoms with Gasteiger partial charge in [0.05, 0.1) is 35.6 Å². The summed E-state index contributed by atoms with van der Waals surface area (Å²) >= 11 is 6.13. The van der Waals surface area contributed by atoms with E-state index < -0.39 is 11.1 Å². The van der Waals surface area contributed by atoms with Crippen molar-refractivity contribution in [3.05, 3.63) is 67.7 Å². The largest absolute Gasteiger partial charge is 0.378 e. The van der Waals surface area contributed by atoms with Crippen molar-refractivity contribution in [2.45, 2.75) is 0 Å². The molecule has 9 heteroatoms. The van der Waals surface area contributed by atoms with Crippen molar-refractivity contribution >= 4 is 39.9 Å². The van der Waals surface area contributed by atoms with Crippen molar-refractivity contribution < 1.29 is 9.53 Å². The number of morpholine rings is 1. The first-order valence-corrected chi connectivity index (χ1v) is 9.09. The number of carbonyl (C=O) groups excluding carboxylic acids is 1. The smallest absolute Gasteiger partial charge is 0.314 e. The van der Waals surface area contributed by atoms with Crippen LogP contribution >= 0.6 is 11.6 Å². The summed E-state index contributed by atoms with van der Waals surface area (Å²) < 4.78 is 5.38. The predicted octanol–water partition coefficient (Wildman–Crippen LogP) is 1.96. The molecule has 1 amide bonds. The number of hydrogen-bond donors (Lipinski definition) is 3. The fourth-order valence-electron chi connectivity index (χ4n) is 3.14. The van der Waals surface area contributed by atoms with Gasteiger partial charge in [0, 0.05) is 23.7 Å². The van der Waals surface area contributed by atoms with Crippen LogP contribution in [0.15, 0.2) is 46.0 Å². The molecule has 28 heavy (non-hydrogen) atoms. The van der Waals surface area contributed by atoms with Gasteiger partial charge in [-0.25, -0.2) is 0 Å². The average Bonchev–Trinajstić information content (AvgIpc) is 2.69. The first kappa shape index (κ1) is 18.3. The van der Waals surface area contributed by atoms with Crippen molar-refractivity contribution in [3.63, 3.8) is 0 Å². The van der Waals surface area contributed by atoms with Crippen molar-refractivity contribution in [2.75, 3.05) is 36.5 Å². The lowest BCUT2D eigenvalue weighted by molar-refractivity contribution is 0.102. The molecule has 0 saturated carbocycles. The maximum Gasteiger partial charge on any atom is 0.314 e. The zero-order chi connectivity index (χ0) is 19.7. The Morgan fingerprint density at radius 2 is 1.71 bits per heavy atom. The highest BCUT2D eigenvalue weighted by Crippen LogP contribution is 2.30. The van der Waals surface area contributed by atoms with E-state index >= 15 is 0 Å². The summed E-state index contributed by atoms with van der Waals surface area (Å²) in [6, 6.07) is 10.0. The zero-order valence-electron chi connectivity index (χ0n) is 14.8. The number of benzene rings is 2. The SMILES string of the molecule is O=C(Nc1cc(Cl)ccc1N1CCOCC1)c1ccc2[nH]c(=O)c(=O)[nH]c2c1. The predicted molar refractivity (Wildman–Crippen MR) is 108 cm³/mol. The van der Waals surface area contributed by atoms with Gasteiger partial charge in [-0.15, -0.1) is 0 Å². The zero-order valence-corrected chi connectivity index (χ0v) is 15.5. The van der Waals surface area contributed by atoms with Gasteiger partial charge in [0.1, 0.15) is 0 Å². The number of halogens is 1. The Morgan fingerprint density at radius 1 is 1.00 bits per heavy atom. The first-order chi connectivity index (χ1) is 13.5. The van der Waals surface area contributed by atoms with Gasteiger partial charge in [0.15, 0.2) is 0 Å². The second-order valence-electron chi connectivity index (χ2n) is 6.38. The highest BCUT2D eigenvalue weighted by Gasteiger charge is 2.17. The van der Waals surface area contributed by atoms with E-state index in [4.69, 9.17) is 16.3 Å². The lowest BCUT2D eigenvalue weighted by Gasteiger charge is -2.30. The van der Waals surface area contributed by atoms with Crippen LogP contribution in [0.3, 0.4) is 0 Å². The average molecular weight is 401 g/mol. The van der Waals surface area contributed by atoms with Crippen LogP contribution in [-0.4, -0.2) is 42.2 Å². The van der Waals surface area contributed by atoms with Crippen LogP contribution in [0.25, 0.3) is 11.0 Å². The van der Waals surface area contributed by atoms with E-state index in [1.54, 1.807) is 24.3 Å². The van der Waals surface area contributed by atoms with Gasteiger partial charge < -0.3 is 24.9 Å². The van der Waals surface area contributed by atoms with Crippen molar-refractivity contribution in [1.82, 2.24) is 9.97 Å². The van der Waals surface area contributed by atoms with E-state index in [1.807, 2.05) is 6.07 Å². The Morgan fingerprint density at radius 3 is 2.46 bits per heavy atom. The summed E-state index contributed by atoms with van der Waals surface area (Å²) in [7, 11) is 0. The van der Waals surface area contributed by atoms with E-state index in [2.05, 4.69) is 20.2 Å². The maximum absolute atomic E-state index is 12.8. The van der Waals surface area contributed by atoms with Crippen LogP contribution in [0.2, 0.25) is 5.02 Å². The van der Waals surface area contributed by atoms with Crippen LogP contribution in [0.5, 0.6) is 0 Å². The number of nitrogens with one attached hydrogen (secondary N) is 3. The summed E-state index contributed by atoms with van der Waals surface area (Å²) in [6.45, 7) is 2.67. The summed E-state index contributed by atoms with van der Waals surface area (Å²) in [5.41, 5.74) is 1.10. The van der Waals surface area contributed by atoms with Gasteiger partial charge in [-0.2, -0.15) is 0 Å². The standard InChI is InChI=1S/C19H17ClN4O4/c20-12-2-4-16(24-5-7-28-8-6-24)15(10-12)23-17(25)11-1-3-13-14(9-11)22-19(27)18(26)21-13/h1-4,9-10H,5-8H2,(H,21,26)(H,22,27)(H,23,25). The van der Waals surface area contributed by atoms with Gasteiger partial charge >= 0.3 is 11.1 Å². The van der Waals surface area contributed by atoms with Crippen molar-refractivity contribution in [1.29, 1.82) is 0 Å². The summed E-state index contributed by atoms with van der Waals surface area (Å²) in [4.78, 5) is 42.8. The number of hydrogen-bond acceptors (Lipinski definition) is 5. The molecule has 1 aliphatic heterocycles. The minimum absolute atomic E-state index is 0.336. The summed E-state index contributed by atoms with van der Waals surface area (Å²) in [5, 5.41) is 3.39. The quantitative estimate of drug-likeness (QED) is 0.582. The van der Waals surface area contributed by atoms with Crippen LogP contribution in [-0.2, 0) is 4.74 Å². The first-order valence-electron chi connectivity index (χ1n) is 8.71. The molecule has 0 bridgehead atoms. The number of nitrogens with zero attached hydrogens (tertiary/aromatic N) is 1. The third-order valence-corrected chi connectivity index (χ3v) is 4.78. The Bertz CT molecular complexity index is 1160. The number of rotatable bonds is 3. The third kappa shape index (κ3) is 3.64. The molecule has 0 radical (unpaired) electrons. The number of anilines is 2. The molecule has 0 spiro atoms. The highest BCUT2D eigenvalue weighted by atomic mass is 35.5. The number of aromatic amines is 2. The molecule has 0 aliphatic carbocycles. The maximum atomic E-state index is 12.8. The Kier molecular flexibility index (Phi) is 4.89. The molecule has 3 aromatic rings. The number of fused-ring (bicyclic) bond motifs is 1. The molecule has 8 nitrogen and oxygen atoms in total. The molecule has 1 fully saturated rings. The number of H-pyrrole nitrogens is 2. The number of carbonyl (C=O) groups is 1. The normalized spacial score (nSPS) is 14.2. The molecule has 0 atom stereocenters. The van der Waals surface area contributed by atoms with Crippen LogP contribution in [0.4, 0.5) is 11.4 Å². The molecule has 0 unspecified atom stereocenters. The van der Waals surface area contributed by atoms with Gasteiger partial charge in [-0.3, -0.25) is 14.4 Å². The van der Waals surface area contributed by atoms with E-state index in [-0.39, 0.29) is 5.91 Å². The van der Waals surface area contributed by atoms with Crippen LogP contribution in [0, 0.1) is 0 Å². The topological polar surface area (TPSA) is 107 Å². The van der Waals surface area contributed by atoms with E-state index in [9.17, 15) is 14.4 Å². The molecule has 1 saturated heterocycles. The molecule has 1 aliphatic rings. The van der Waals surface area contributed by atoms with Crippen molar-refractivity contribution in [2.24, 2.45) is 0 Å². The second kappa shape index (κ2) is 7.49. The fourth-order valence-corrected chi connectivity index (χ4v) is 3.31. The molecular formula is C19H17ClN4O4. The minimum Gasteiger partial charge on any atom is -0.378 e. The molecular weight excluding hydrogens is 384 g/mol. The molecule has 2 heterocycles. The number of ether oxygens (including phenoxy) is 1. The molecule has 4 rings (SSSR count). The third-order valence-electron chi connectivity index (χ3n) is 4.54. The molecule has 2 aromatic carbocycles. The van der Waals surface area contributed by atoms with Gasteiger partial charge in [0.25, 0.3) is 5.91 Å². The number of amides is 1. The molecule has 144 valence electrons. The van der Waals surface area contributed by atoms with Crippen LogP contribution < -0.4 is 21.3 Å². The van der Waals surface area contributed by atoms with E-state index in [1.165, 1.54) is 6.07 Å². The van der Waals surface area contributed by atoms with Gasteiger partial charge in [0.2, 0.25) is 0 Å². The molecule has 3 N–H and O–H groups in total. The van der Waals surface area contributed by atoms with E-state index in [0.717, 1.165) is 18.8 Å². The molecule has 1 aromatic heterocycles. The van der Waals surface area contributed by atoms with Crippen LogP contribution in [0.1, 0.15) is 10.4 Å². The Labute approximate surface area is 164 Å².